The van der Waals surface area contributed by atoms with Gasteiger partial charge in [0.05, 0.1) is 5.56 Å². The van der Waals surface area contributed by atoms with E-state index in [1.807, 2.05) is 6.07 Å². The summed E-state index contributed by atoms with van der Waals surface area (Å²) in [5.41, 5.74) is 7.30. The molecule has 0 saturated carbocycles. The lowest BCUT2D eigenvalue weighted by Crippen LogP contribution is -2.13. The van der Waals surface area contributed by atoms with Crippen molar-refractivity contribution in [3.05, 3.63) is 59.4 Å². The molecule has 0 saturated heterocycles. The number of carbonyl (C=O) groups is 2. The second-order valence-corrected chi connectivity index (χ2v) is 4.48. The lowest BCUT2D eigenvalue weighted by atomic mass is 10.1. The van der Waals surface area contributed by atoms with Gasteiger partial charge in [0.2, 0.25) is 0 Å². The maximum atomic E-state index is 11.0. The first-order valence-corrected chi connectivity index (χ1v) is 6.38. The van der Waals surface area contributed by atoms with Crippen molar-refractivity contribution >= 4 is 17.6 Å². The van der Waals surface area contributed by atoms with Gasteiger partial charge in [0.1, 0.15) is 5.69 Å². The van der Waals surface area contributed by atoms with Crippen LogP contribution >= 0.6 is 0 Å². The number of hydrogen-bond acceptors (Lipinski definition) is 4. The summed E-state index contributed by atoms with van der Waals surface area (Å²) in [7, 11) is 0. The van der Waals surface area contributed by atoms with Crippen LogP contribution in [0, 0.1) is 0 Å². The number of rotatable bonds is 6. The lowest BCUT2D eigenvalue weighted by molar-refractivity contribution is 0.0696. The Morgan fingerprint density at radius 3 is 2.76 bits per heavy atom. The van der Waals surface area contributed by atoms with E-state index in [0.717, 1.165) is 11.3 Å². The van der Waals surface area contributed by atoms with Crippen molar-refractivity contribution in [1.82, 2.24) is 4.98 Å². The molecule has 6 heteroatoms. The summed E-state index contributed by atoms with van der Waals surface area (Å²) >= 11 is 0. The first-order chi connectivity index (χ1) is 10.1. The smallest absolute Gasteiger partial charge is 0.335 e. The molecule has 1 aromatic heterocycles. The van der Waals surface area contributed by atoms with Crippen LogP contribution in [0.1, 0.15) is 26.4 Å². The Morgan fingerprint density at radius 2 is 2.05 bits per heavy atom. The van der Waals surface area contributed by atoms with Crippen molar-refractivity contribution in [3.63, 3.8) is 0 Å². The molecule has 21 heavy (non-hydrogen) atoms. The summed E-state index contributed by atoms with van der Waals surface area (Å²) in [6, 6.07) is 10.1. The molecule has 1 aromatic carbocycles. The fourth-order valence-corrected chi connectivity index (χ4v) is 1.89. The third-order valence-corrected chi connectivity index (χ3v) is 2.93. The van der Waals surface area contributed by atoms with E-state index >= 15 is 0 Å². The van der Waals surface area contributed by atoms with Crippen LogP contribution in [-0.4, -0.2) is 28.5 Å². The fourth-order valence-electron chi connectivity index (χ4n) is 1.89. The molecule has 6 nitrogen and oxygen atoms in total. The average Bonchev–Trinajstić information content (AvgIpc) is 2.48. The third-order valence-electron chi connectivity index (χ3n) is 2.93. The monoisotopic (exact) mass is 285 g/mol. The minimum absolute atomic E-state index is 0.202. The number of aromatic nitrogens is 1. The summed E-state index contributed by atoms with van der Waals surface area (Å²) in [6.07, 6.45) is 2.17. The number of pyridine rings is 1. The van der Waals surface area contributed by atoms with E-state index in [2.05, 4.69) is 10.3 Å². The number of nitrogens with one attached hydrogen (secondary N) is 1. The van der Waals surface area contributed by atoms with Gasteiger partial charge in [0.25, 0.3) is 5.91 Å². The van der Waals surface area contributed by atoms with Gasteiger partial charge in [-0.15, -0.1) is 0 Å². The predicted molar refractivity (Wildman–Crippen MR) is 78.3 cm³/mol. The molecule has 0 bridgehead atoms. The molecule has 0 aliphatic carbocycles. The van der Waals surface area contributed by atoms with Crippen molar-refractivity contribution < 1.29 is 14.7 Å². The minimum atomic E-state index is -0.940. The highest BCUT2D eigenvalue weighted by molar-refractivity contribution is 5.91. The number of hydrogen-bond donors (Lipinski definition) is 3. The number of anilines is 1. The van der Waals surface area contributed by atoms with Crippen LogP contribution < -0.4 is 11.1 Å². The fraction of sp³-hybridized carbons (Fsp3) is 0.133. The summed E-state index contributed by atoms with van der Waals surface area (Å²) in [6.45, 7) is 0.602. The molecule has 2 aromatic rings. The third kappa shape index (κ3) is 4.04. The number of carboxylic acids is 1. The normalized spacial score (nSPS) is 10.1. The predicted octanol–water partition coefficient (Wildman–Crippen LogP) is 1.53. The molecule has 1 heterocycles. The second-order valence-electron chi connectivity index (χ2n) is 4.48. The number of primary amides is 1. The highest BCUT2D eigenvalue weighted by atomic mass is 16.4. The van der Waals surface area contributed by atoms with Gasteiger partial charge in [-0.1, -0.05) is 12.1 Å². The van der Waals surface area contributed by atoms with E-state index in [1.54, 1.807) is 30.3 Å². The van der Waals surface area contributed by atoms with Crippen LogP contribution in [0.2, 0.25) is 0 Å². The molecule has 0 atom stereocenters. The number of nitrogens with two attached hydrogens (primary N) is 1. The van der Waals surface area contributed by atoms with Gasteiger partial charge in [-0.3, -0.25) is 9.78 Å². The zero-order valence-corrected chi connectivity index (χ0v) is 11.2. The first kappa shape index (κ1) is 14.5. The van der Waals surface area contributed by atoms with Gasteiger partial charge in [0, 0.05) is 18.4 Å². The van der Waals surface area contributed by atoms with E-state index in [-0.39, 0.29) is 11.3 Å². The zero-order chi connectivity index (χ0) is 15.2. The molecule has 0 fully saturated rings. The number of nitrogens with zero attached hydrogens (tertiary/aromatic N) is 1. The largest absolute Gasteiger partial charge is 0.478 e. The molecule has 0 aliphatic rings. The minimum Gasteiger partial charge on any atom is -0.478 e. The first-order valence-electron chi connectivity index (χ1n) is 6.38. The second kappa shape index (κ2) is 6.51. The summed E-state index contributed by atoms with van der Waals surface area (Å²) < 4.78 is 0. The van der Waals surface area contributed by atoms with Gasteiger partial charge < -0.3 is 16.2 Å². The Kier molecular flexibility index (Phi) is 4.50. The topological polar surface area (TPSA) is 105 Å². The van der Waals surface area contributed by atoms with Crippen LogP contribution in [0.5, 0.6) is 0 Å². The van der Waals surface area contributed by atoms with Crippen LogP contribution in [0.25, 0.3) is 0 Å². The summed E-state index contributed by atoms with van der Waals surface area (Å²) in [5.74, 6) is -1.52. The van der Waals surface area contributed by atoms with Crippen molar-refractivity contribution in [2.24, 2.45) is 5.73 Å². The number of carbonyl (C=O) groups excluding carboxylic acids is 1. The Hall–Kier alpha value is -2.89. The van der Waals surface area contributed by atoms with Crippen molar-refractivity contribution in [1.29, 1.82) is 0 Å². The lowest BCUT2D eigenvalue weighted by Gasteiger charge is -2.07. The number of amides is 1. The van der Waals surface area contributed by atoms with Crippen LogP contribution in [0.4, 0.5) is 5.69 Å². The number of benzene rings is 1. The van der Waals surface area contributed by atoms with Gasteiger partial charge in [0.15, 0.2) is 0 Å². The maximum absolute atomic E-state index is 11.0. The highest BCUT2D eigenvalue weighted by Gasteiger charge is 2.04. The van der Waals surface area contributed by atoms with Gasteiger partial charge in [-0.05, 0) is 36.2 Å². The average molecular weight is 285 g/mol. The molecular formula is C15H15N3O3. The highest BCUT2D eigenvalue weighted by Crippen LogP contribution is 2.09. The van der Waals surface area contributed by atoms with E-state index in [1.165, 1.54) is 6.20 Å². The Balaban J connectivity index is 1.95. The molecule has 2 rings (SSSR count). The van der Waals surface area contributed by atoms with Crippen LogP contribution in [-0.2, 0) is 6.42 Å². The summed E-state index contributed by atoms with van der Waals surface area (Å²) in [5, 5.41) is 12.1. The quantitative estimate of drug-likeness (QED) is 0.746. The van der Waals surface area contributed by atoms with E-state index < -0.39 is 11.9 Å². The molecule has 108 valence electrons. The van der Waals surface area contributed by atoms with Crippen LogP contribution in [0.15, 0.2) is 42.6 Å². The van der Waals surface area contributed by atoms with Crippen LogP contribution in [0.3, 0.4) is 0 Å². The molecule has 4 N–H and O–H groups in total. The van der Waals surface area contributed by atoms with Gasteiger partial charge in [-0.2, -0.15) is 0 Å². The summed E-state index contributed by atoms with van der Waals surface area (Å²) in [4.78, 5) is 25.8. The van der Waals surface area contributed by atoms with Crippen molar-refractivity contribution in [3.8, 4) is 0 Å². The zero-order valence-electron chi connectivity index (χ0n) is 11.2. The standard InChI is InChI=1S/C15H15N3O3/c16-14(19)13-9-12(5-7-18-13)17-6-4-10-2-1-3-11(8-10)15(20)21/h1-3,5,7-9H,4,6H2,(H2,16,19)(H,17,18)(H,20,21). The van der Waals surface area contributed by atoms with Gasteiger partial charge >= 0.3 is 5.97 Å². The molecule has 0 radical (unpaired) electrons. The van der Waals surface area contributed by atoms with Gasteiger partial charge in [-0.25, -0.2) is 4.79 Å². The van der Waals surface area contributed by atoms with Crippen molar-refractivity contribution in [2.45, 2.75) is 6.42 Å². The number of carboxylic acid groups (broad SMARTS) is 1. The molecule has 0 spiro atoms. The molecule has 1 amide bonds. The Labute approximate surface area is 121 Å². The van der Waals surface area contributed by atoms with E-state index in [4.69, 9.17) is 10.8 Å². The maximum Gasteiger partial charge on any atom is 0.335 e. The number of aromatic carboxylic acids is 1. The molecule has 0 unspecified atom stereocenters. The van der Waals surface area contributed by atoms with E-state index in [9.17, 15) is 9.59 Å². The van der Waals surface area contributed by atoms with E-state index in [0.29, 0.717) is 13.0 Å². The molecule has 0 aliphatic heterocycles. The Bertz CT molecular complexity index is 613. The Morgan fingerprint density at radius 1 is 1.24 bits per heavy atom. The SMILES string of the molecule is NC(=O)c1cc(NCCc2cccc(C(=O)O)c2)ccn1. The molecular weight excluding hydrogens is 270 g/mol. The van der Waals surface area contributed by atoms with Crippen molar-refractivity contribution in [2.75, 3.05) is 11.9 Å².